The van der Waals surface area contributed by atoms with Crippen molar-refractivity contribution in [3.63, 3.8) is 0 Å². The van der Waals surface area contributed by atoms with Crippen molar-refractivity contribution in [2.75, 3.05) is 5.32 Å². The predicted molar refractivity (Wildman–Crippen MR) is 103 cm³/mol. The van der Waals surface area contributed by atoms with E-state index >= 15 is 0 Å². The lowest BCUT2D eigenvalue weighted by Crippen LogP contribution is -2.29. The van der Waals surface area contributed by atoms with E-state index in [-0.39, 0.29) is 23.2 Å². The monoisotopic (exact) mass is 443 g/mol. The van der Waals surface area contributed by atoms with Crippen LogP contribution in [-0.2, 0) is 33.5 Å². The van der Waals surface area contributed by atoms with Gasteiger partial charge in [-0.15, -0.1) is 0 Å². The quantitative estimate of drug-likeness (QED) is 0.560. The number of alkyl halides is 3. The fourth-order valence-electron chi connectivity index (χ4n) is 2.67. The van der Waals surface area contributed by atoms with Crippen LogP contribution in [0.2, 0.25) is 0 Å². The highest BCUT2D eigenvalue weighted by Crippen LogP contribution is 2.29. The smallest absolute Gasteiger partial charge is 0.416 e. The van der Waals surface area contributed by atoms with Crippen LogP contribution in [0.5, 0.6) is 0 Å². The Morgan fingerprint density at radius 2 is 1.84 bits per heavy atom. The summed E-state index contributed by atoms with van der Waals surface area (Å²) in [5.74, 6) is -1.94. The first-order valence-electron chi connectivity index (χ1n) is 9.22. The molecule has 0 bridgehead atoms. The van der Waals surface area contributed by atoms with Gasteiger partial charge >= 0.3 is 18.2 Å². The van der Waals surface area contributed by atoms with Crippen molar-refractivity contribution >= 4 is 17.7 Å². The van der Waals surface area contributed by atoms with Gasteiger partial charge in [0, 0.05) is 12.1 Å². The molecule has 0 fully saturated rings. The summed E-state index contributed by atoms with van der Waals surface area (Å²) in [6, 6.07) is 7.86. The second-order valence-corrected chi connectivity index (χ2v) is 6.92. The van der Waals surface area contributed by atoms with Crippen molar-refractivity contribution in [3.8, 4) is 0 Å². The molecule has 2 aromatic rings. The van der Waals surface area contributed by atoms with Gasteiger partial charge in [0.15, 0.2) is 6.10 Å². The average molecular weight is 443 g/mol. The summed E-state index contributed by atoms with van der Waals surface area (Å²) >= 11 is 0. The van der Waals surface area contributed by atoms with Gasteiger partial charge in [-0.2, -0.15) is 13.2 Å². The highest BCUT2D eigenvalue weighted by Gasteiger charge is 2.30. The van der Waals surface area contributed by atoms with E-state index in [1.807, 2.05) is 0 Å². The van der Waals surface area contributed by atoms with Crippen molar-refractivity contribution in [2.45, 2.75) is 45.3 Å². The van der Waals surface area contributed by atoms with Crippen molar-refractivity contribution in [2.24, 2.45) is 0 Å². The number of halogens is 4. The Kier molecular flexibility index (Phi) is 7.98. The number of hydrogen-bond donors (Lipinski definition) is 2. The third-order valence-electron chi connectivity index (χ3n) is 4.03. The molecule has 0 radical (unpaired) electrons. The highest BCUT2D eigenvalue weighted by atomic mass is 19.4. The fraction of sp³-hybridized carbons (Fsp3) is 0.333. The lowest BCUT2D eigenvalue weighted by atomic mass is 10.1. The average Bonchev–Trinajstić information content (AvgIpc) is 2.67. The molecule has 1 atom stereocenters. The van der Waals surface area contributed by atoms with E-state index < -0.39 is 48.4 Å². The van der Waals surface area contributed by atoms with Crippen LogP contribution in [0.1, 0.15) is 30.5 Å². The summed E-state index contributed by atoms with van der Waals surface area (Å²) in [7, 11) is 0. The normalized spacial score (nSPS) is 12.5. The number of carboxylic acids is 1. The Bertz CT molecular complexity index is 930. The second-order valence-electron chi connectivity index (χ2n) is 6.92. The van der Waals surface area contributed by atoms with E-state index in [4.69, 9.17) is 9.47 Å². The zero-order valence-corrected chi connectivity index (χ0v) is 16.7. The van der Waals surface area contributed by atoms with E-state index in [1.165, 1.54) is 24.3 Å². The molecule has 0 aromatic heterocycles. The van der Waals surface area contributed by atoms with Gasteiger partial charge in [0.1, 0.15) is 12.4 Å². The Morgan fingerprint density at radius 3 is 2.45 bits per heavy atom. The van der Waals surface area contributed by atoms with Crippen LogP contribution >= 0.6 is 0 Å². The van der Waals surface area contributed by atoms with Gasteiger partial charge in [-0.25, -0.2) is 14.0 Å². The molecule has 0 aliphatic rings. The molecule has 6 nitrogen and oxygen atoms in total. The van der Waals surface area contributed by atoms with E-state index in [0.29, 0.717) is 0 Å². The number of aliphatic carboxylic acids is 1. The number of hydrogen-bond acceptors (Lipinski definition) is 4. The largest absolute Gasteiger partial charge is 0.479 e. The minimum atomic E-state index is -4.52. The van der Waals surface area contributed by atoms with Gasteiger partial charge in [-0.1, -0.05) is 12.1 Å². The van der Waals surface area contributed by atoms with Crippen molar-refractivity contribution < 1.29 is 41.7 Å². The summed E-state index contributed by atoms with van der Waals surface area (Å²) in [4.78, 5) is 23.3. The van der Waals surface area contributed by atoms with Crippen LogP contribution < -0.4 is 5.32 Å². The number of benzene rings is 2. The summed E-state index contributed by atoms with van der Waals surface area (Å²) in [6.07, 6.45) is -7.43. The van der Waals surface area contributed by atoms with Gasteiger partial charge in [0.25, 0.3) is 0 Å². The number of carbonyl (C=O) groups is 2. The molecule has 0 heterocycles. The molecule has 0 saturated carbocycles. The number of nitrogens with one attached hydrogen (secondary N) is 1. The Balaban J connectivity index is 2.02. The summed E-state index contributed by atoms with van der Waals surface area (Å²) in [5.41, 5.74) is -0.600. The maximum Gasteiger partial charge on any atom is 0.416 e. The number of amides is 1. The Labute approximate surface area is 175 Å². The van der Waals surface area contributed by atoms with Crippen molar-refractivity contribution in [1.29, 1.82) is 0 Å². The molecule has 168 valence electrons. The summed E-state index contributed by atoms with van der Waals surface area (Å²) in [5, 5.41) is 11.6. The fourth-order valence-corrected chi connectivity index (χ4v) is 2.67. The number of rotatable bonds is 8. The Hall–Kier alpha value is -3.14. The topological polar surface area (TPSA) is 84.9 Å². The maximum atomic E-state index is 14.1. The molecule has 2 rings (SSSR count). The standard InChI is InChI=1S/C21H21F4NO5/c1-12(2)31-18(19(27)28)10-14-9-16(6-7-17(14)22)26-20(29)30-11-13-4-3-5-15(8-13)21(23,24)25/h3-9,12,18H,10-11H2,1-2H3,(H,26,29)(H,27,28). The van der Waals surface area contributed by atoms with Gasteiger partial charge in [-0.05, 0) is 55.3 Å². The first-order valence-corrected chi connectivity index (χ1v) is 9.22. The lowest BCUT2D eigenvalue weighted by Gasteiger charge is -2.17. The van der Waals surface area contributed by atoms with Gasteiger partial charge < -0.3 is 14.6 Å². The molecule has 1 amide bonds. The van der Waals surface area contributed by atoms with Gasteiger partial charge in [-0.3, -0.25) is 5.32 Å². The van der Waals surface area contributed by atoms with E-state index in [1.54, 1.807) is 13.8 Å². The predicted octanol–water partition coefficient (Wildman–Crippen LogP) is 5.01. The molecule has 10 heteroatoms. The van der Waals surface area contributed by atoms with Gasteiger partial charge in [0.2, 0.25) is 0 Å². The molecule has 0 aliphatic heterocycles. The molecule has 31 heavy (non-hydrogen) atoms. The second kappa shape index (κ2) is 10.3. The van der Waals surface area contributed by atoms with Crippen LogP contribution in [-0.4, -0.2) is 29.4 Å². The summed E-state index contributed by atoms with van der Waals surface area (Å²) < 4.78 is 62.5. The number of carboxylic acid groups (broad SMARTS) is 1. The molecular weight excluding hydrogens is 422 g/mol. The van der Waals surface area contributed by atoms with Crippen LogP contribution in [0.25, 0.3) is 0 Å². The minimum absolute atomic E-state index is 0.00345. The zero-order valence-electron chi connectivity index (χ0n) is 16.7. The number of carbonyl (C=O) groups excluding carboxylic acids is 1. The first-order chi connectivity index (χ1) is 14.5. The molecule has 0 saturated heterocycles. The number of anilines is 1. The molecule has 0 aliphatic carbocycles. The van der Waals surface area contributed by atoms with E-state index in [2.05, 4.69) is 5.32 Å². The molecule has 2 aromatic carbocycles. The van der Waals surface area contributed by atoms with Crippen molar-refractivity contribution in [1.82, 2.24) is 0 Å². The minimum Gasteiger partial charge on any atom is -0.479 e. The van der Waals surface area contributed by atoms with Gasteiger partial charge in [0.05, 0.1) is 11.7 Å². The van der Waals surface area contributed by atoms with Crippen LogP contribution in [0, 0.1) is 5.82 Å². The SMILES string of the molecule is CC(C)OC(Cc1cc(NC(=O)OCc2cccc(C(F)(F)F)c2)ccc1F)C(=O)O. The van der Waals surface area contributed by atoms with Crippen LogP contribution in [0.15, 0.2) is 42.5 Å². The molecule has 0 spiro atoms. The zero-order chi connectivity index (χ0) is 23.2. The number of ether oxygens (including phenoxy) is 2. The van der Waals surface area contributed by atoms with Crippen LogP contribution in [0.4, 0.5) is 28.0 Å². The molecular formula is C21H21F4NO5. The van der Waals surface area contributed by atoms with Crippen LogP contribution in [0.3, 0.4) is 0 Å². The Morgan fingerprint density at radius 1 is 1.13 bits per heavy atom. The summed E-state index contributed by atoms with van der Waals surface area (Å²) in [6.45, 7) is 2.88. The third kappa shape index (κ3) is 7.56. The van der Waals surface area contributed by atoms with E-state index in [9.17, 15) is 32.3 Å². The lowest BCUT2D eigenvalue weighted by molar-refractivity contribution is -0.153. The highest BCUT2D eigenvalue weighted by molar-refractivity contribution is 5.84. The van der Waals surface area contributed by atoms with Crippen molar-refractivity contribution in [3.05, 3.63) is 65.0 Å². The molecule has 1 unspecified atom stereocenters. The third-order valence-corrected chi connectivity index (χ3v) is 4.03. The van der Waals surface area contributed by atoms with E-state index in [0.717, 1.165) is 18.2 Å². The molecule has 2 N–H and O–H groups in total. The first kappa shape index (κ1) is 24.1. The maximum absolute atomic E-state index is 14.1.